The molecule has 0 aliphatic carbocycles. The van der Waals surface area contributed by atoms with Gasteiger partial charge in [0.1, 0.15) is 0 Å². The van der Waals surface area contributed by atoms with Crippen molar-refractivity contribution in [2.75, 3.05) is 0 Å². The second-order valence-corrected chi connectivity index (χ2v) is 3.73. The fourth-order valence-corrected chi connectivity index (χ4v) is 2.12. The van der Waals surface area contributed by atoms with Crippen molar-refractivity contribution in [1.29, 1.82) is 0 Å². The lowest BCUT2D eigenvalue weighted by Crippen LogP contribution is -1.68. The van der Waals surface area contributed by atoms with Crippen LogP contribution in [0.25, 0.3) is 16.5 Å². The number of thiophene rings is 1. The van der Waals surface area contributed by atoms with Crippen molar-refractivity contribution in [2.45, 2.75) is 0 Å². The maximum Gasteiger partial charge on any atom is 0.0348 e. The molecule has 0 nitrogen and oxygen atoms in total. The first-order valence-electron chi connectivity index (χ1n) is 4.16. The van der Waals surface area contributed by atoms with Crippen molar-refractivity contribution in [3.05, 3.63) is 53.9 Å². The summed E-state index contributed by atoms with van der Waals surface area (Å²) < 4.78 is 0. The molecule has 0 radical (unpaired) electrons. The summed E-state index contributed by atoms with van der Waals surface area (Å²) >= 11 is 1.76. The molecule has 0 fully saturated rings. The van der Waals surface area contributed by atoms with E-state index >= 15 is 0 Å². The first-order valence-corrected chi connectivity index (χ1v) is 5.04. The minimum Gasteiger partial charge on any atom is -0.143 e. The molecule has 0 spiro atoms. The second kappa shape index (κ2) is 3.58. The standard InChI is InChI=1S/C12H10S/c1-2-10-8-12(13-9-10)11-6-4-3-5-7-11/h2-9H,1H2. The summed E-state index contributed by atoms with van der Waals surface area (Å²) in [4.78, 5) is 1.30. The van der Waals surface area contributed by atoms with Gasteiger partial charge in [0.15, 0.2) is 0 Å². The molecule has 0 atom stereocenters. The third kappa shape index (κ3) is 1.70. The summed E-state index contributed by atoms with van der Waals surface area (Å²) in [6.07, 6.45) is 1.88. The minimum atomic E-state index is 1.20. The molecule has 0 aliphatic heterocycles. The van der Waals surface area contributed by atoms with Gasteiger partial charge >= 0.3 is 0 Å². The maximum absolute atomic E-state index is 3.74. The van der Waals surface area contributed by atoms with E-state index in [-0.39, 0.29) is 0 Å². The van der Waals surface area contributed by atoms with Crippen molar-refractivity contribution in [3.63, 3.8) is 0 Å². The van der Waals surface area contributed by atoms with Crippen LogP contribution in [0.3, 0.4) is 0 Å². The molecule has 1 aromatic heterocycles. The van der Waals surface area contributed by atoms with Gasteiger partial charge in [0.2, 0.25) is 0 Å². The Morgan fingerprint density at radius 2 is 1.92 bits per heavy atom. The lowest BCUT2D eigenvalue weighted by Gasteiger charge is -1.93. The molecular weight excluding hydrogens is 176 g/mol. The van der Waals surface area contributed by atoms with Gasteiger partial charge in [-0.25, -0.2) is 0 Å². The van der Waals surface area contributed by atoms with Gasteiger partial charge in [-0.2, -0.15) is 0 Å². The molecule has 0 saturated carbocycles. The first kappa shape index (κ1) is 8.27. The molecule has 2 rings (SSSR count). The Morgan fingerprint density at radius 1 is 1.15 bits per heavy atom. The fourth-order valence-electron chi connectivity index (χ4n) is 1.21. The van der Waals surface area contributed by atoms with Crippen LogP contribution in [0, 0.1) is 0 Å². The van der Waals surface area contributed by atoms with E-state index in [1.807, 2.05) is 12.1 Å². The predicted octanol–water partition coefficient (Wildman–Crippen LogP) is 4.06. The van der Waals surface area contributed by atoms with Crippen LogP contribution in [0.4, 0.5) is 0 Å². The third-order valence-corrected chi connectivity index (χ3v) is 2.91. The molecule has 13 heavy (non-hydrogen) atoms. The summed E-state index contributed by atoms with van der Waals surface area (Å²) in [7, 11) is 0. The summed E-state index contributed by atoms with van der Waals surface area (Å²) in [6, 6.07) is 12.6. The zero-order chi connectivity index (χ0) is 9.10. The highest BCUT2D eigenvalue weighted by molar-refractivity contribution is 7.13. The van der Waals surface area contributed by atoms with E-state index in [9.17, 15) is 0 Å². The van der Waals surface area contributed by atoms with Crippen LogP contribution in [-0.2, 0) is 0 Å². The van der Waals surface area contributed by atoms with E-state index in [2.05, 4.69) is 42.3 Å². The second-order valence-electron chi connectivity index (χ2n) is 2.81. The minimum absolute atomic E-state index is 1.20. The SMILES string of the molecule is C=Cc1csc(-c2ccccc2)c1. The van der Waals surface area contributed by atoms with E-state index in [1.54, 1.807) is 11.3 Å². The number of hydrogen-bond acceptors (Lipinski definition) is 1. The monoisotopic (exact) mass is 186 g/mol. The number of rotatable bonds is 2. The fraction of sp³-hybridized carbons (Fsp3) is 0. The van der Waals surface area contributed by atoms with Crippen molar-refractivity contribution in [3.8, 4) is 10.4 Å². The van der Waals surface area contributed by atoms with E-state index in [1.165, 1.54) is 16.0 Å². The Balaban J connectivity index is 2.41. The lowest BCUT2D eigenvalue weighted by molar-refractivity contribution is 1.69. The quantitative estimate of drug-likeness (QED) is 0.663. The lowest BCUT2D eigenvalue weighted by atomic mass is 10.2. The highest BCUT2D eigenvalue weighted by Gasteiger charge is 1.98. The van der Waals surface area contributed by atoms with Crippen LogP contribution < -0.4 is 0 Å². The zero-order valence-corrected chi connectivity index (χ0v) is 8.05. The predicted molar refractivity (Wildman–Crippen MR) is 59.8 cm³/mol. The van der Waals surface area contributed by atoms with Gasteiger partial charge in [-0.3, -0.25) is 0 Å². The van der Waals surface area contributed by atoms with Crippen molar-refractivity contribution < 1.29 is 0 Å². The van der Waals surface area contributed by atoms with E-state index < -0.39 is 0 Å². The van der Waals surface area contributed by atoms with Crippen LogP contribution in [0.2, 0.25) is 0 Å². The molecule has 0 saturated heterocycles. The highest BCUT2D eigenvalue weighted by atomic mass is 32.1. The van der Waals surface area contributed by atoms with Gasteiger partial charge in [0, 0.05) is 4.88 Å². The zero-order valence-electron chi connectivity index (χ0n) is 7.23. The molecule has 0 N–H and O–H groups in total. The van der Waals surface area contributed by atoms with Gasteiger partial charge in [0.05, 0.1) is 0 Å². The van der Waals surface area contributed by atoms with Crippen LogP contribution in [-0.4, -0.2) is 0 Å². The number of hydrogen-bond donors (Lipinski definition) is 0. The smallest absolute Gasteiger partial charge is 0.0348 e. The molecule has 1 heteroatoms. The summed E-state index contributed by atoms with van der Waals surface area (Å²) in [5.74, 6) is 0. The Hall–Kier alpha value is -1.34. The van der Waals surface area contributed by atoms with E-state index in [0.717, 1.165) is 0 Å². The Morgan fingerprint density at radius 3 is 2.54 bits per heavy atom. The Labute approximate surface area is 82.2 Å². The van der Waals surface area contributed by atoms with Crippen molar-refractivity contribution >= 4 is 17.4 Å². The van der Waals surface area contributed by atoms with Gasteiger partial charge in [0.25, 0.3) is 0 Å². The van der Waals surface area contributed by atoms with E-state index in [0.29, 0.717) is 0 Å². The van der Waals surface area contributed by atoms with Gasteiger partial charge in [-0.05, 0) is 22.6 Å². The maximum atomic E-state index is 3.74. The summed E-state index contributed by atoms with van der Waals surface area (Å²) in [5, 5.41) is 2.12. The molecule has 0 bridgehead atoms. The third-order valence-electron chi connectivity index (χ3n) is 1.91. The summed E-state index contributed by atoms with van der Waals surface area (Å²) in [5.41, 5.74) is 2.48. The summed E-state index contributed by atoms with van der Waals surface area (Å²) in [6.45, 7) is 3.74. The largest absolute Gasteiger partial charge is 0.143 e. The molecular formula is C12H10S. The number of benzene rings is 1. The molecule has 2 aromatic rings. The van der Waals surface area contributed by atoms with Gasteiger partial charge in [-0.15, -0.1) is 11.3 Å². The average Bonchev–Trinajstić information content (AvgIpc) is 2.67. The molecule has 64 valence electrons. The molecule has 1 aromatic carbocycles. The van der Waals surface area contributed by atoms with Gasteiger partial charge in [-0.1, -0.05) is 43.0 Å². The Kier molecular flexibility index (Phi) is 2.28. The topological polar surface area (TPSA) is 0 Å². The average molecular weight is 186 g/mol. The van der Waals surface area contributed by atoms with Crippen LogP contribution in [0.1, 0.15) is 5.56 Å². The molecule has 0 amide bonds. The van der Waals surface area contributed by atoms with Crippen molar-refractivity contribution in [2.24, 2.45) is 0 Å². The van der Waals surface area contributed by atoms with Crippen LogP contribution in [0.15, 0.2) is 48.4 Å². The normalized spacial score (nSPS) is 9.85. The van der Waals surface area contributed by atoms with Crippen LogP contribution >= 0.6 is 11.3 Å². The molecule has 1 heterocycles. The first-order chi connectivity index (χ1) is 6.40. The van der Waals surface area contributed by atoms with Gasteiger partial charge < -0.3 is 0 Å². The molecule has 0 aliphatic rings. The van der Waals surface area contributed by atoms with E-state index in [4.69, 9.17) is 0 Å². The van der Waals surface area contributed by atoms with Crippen LogP contribution in [0.5, 0.6) is 0 Å². The van der Waals surface area contributed by atoms with Crippen molar-refractivity contribution in [1.82, 2.24) is 0 Å². The highest BCUT2D eigenvalue weighted by Crippen LogP contribution is 2.27. The molecule has 0 unspecified atom stereocenters. The Bertz CT molecular complexity index is 398.